The number of nitrogens with two attached hydrogens (primary N) is 1. The monoisotopic (exact) mass is 234 g/mol. The van der Waals surface area contributed by atoms with Crippen LogP contribution in [0.4, 0.5) is 0 Å². The van der Waals surface area contributed by atoms with Gasteiger partial charge in [0.15, 0.2) is 0 Å². The van der Waals surface area contributed by atoms with Crippen LogP contribution in [0.1, 0.15) is 30.9 Å². The first-order chi connectivity index (χ1) is 8.29. The molecule has 1 fully saturated rings. The predicted molar refractivity (Wildman–Crippen MR) is 70.2 cm³/mol. The molecule has 94 valence electrons. The lowest BCUT2D eigenvalue weighted by atomic mass is 10.0. The molecule has 2 rings (SSSR count). The van der Waals surface area contributed by atoms with Crippen molar-refractivity contribution in [1.29, 1.82) is 0 Å². The van der Waals surface area contributed by atoms with E-state index >= 15 is 0 Å². The Morgan fingerprint density at radius 1 is 1.29 bits per heavy atom. The Morgan fingerprint density at radius 2 is 2.06 bits per heavy atom. The zero-order chi connectivity index (χ0) is 12.1. The fourth-order valence-corrected chi connectivity index (χ4v) is 2.40. The molecule has 1 aliphatic rings. The highest BCUT2D eigenvalue weighted by atomic mass is 16.5. The number of nitrogens with zero attached hydrogens (tertiary/aromatic N) is 1. The van der Waals surface area contributed by atoms with Gasteiger partial charge in [-0.1, -0.05) is 18.6 Å². The van der Waals surface area contributed by atoms with Crippen LogP contribution in [-0.4, -0.2) is 31.6 Å². The Balaban J connectivity index is 1.95. The van der Waals surface area contributed by atoms with Gasteiger partial charge >= 0.3 is 0 Å². The topological polar surface area (TPSA) is 38.5 Å². The molecule has 0 amide bonds. The van der Waals surface area contributed by atoms with Gasteiger partial charge in [-0.2, -0.15) is 0 Å². The van der Waals surface area contributed by atoms with E-state index in [9.17, 15) is 0 Å². The second-order valence-corrected chi connectivity index (χ2v) is 4.74. The number of likely N-dealkylation sites (tertiary alicyclic amines) is 1. The molecule has 0 aliphatic carbocycles. The first kappa shape index (κ1) is 12.4. The third-order valence-electron chi connectivity index (χ3n) is 3.43. The Hall–Kier alpha value is -1.06. The minimum absolute atomic E-state index is 0.0863. The fourth-order valence-electron chi connectivity index (χ4n) is 2.40. The molecule has 1 atom stereocenters. The maximum absolute atomic E-state index is 6.25. The van der Waals surface area contributed by atoms with Crippen molar-refractivity contribution in [1.82, 2.24) is 4.90 Å². The van der Waals surface area contributed by atoms with E-state index in [0.29, 0.717) is 0 Å². The lowest BCUT2D eigenvalue weighted by Gasteiger charge is -2.29. The van der Waals surface area contributed by atoms with Crippen molar-refractivity contribution < 1.29 is 4.74 Å². The van der Waals surface area contributed by atoms with Crippen LogP contribution in [0.2, 0.25) is 0 Å². The van der Waals surface area contributed by atoms with Gasteiger partial charge in [0.05, 0.1) is 7.11 Å². The minimum Gasteiger partial charge on any atom is -0.497 e. The zero-order valence-electron chi connectivity index (χ0n) is 10.6. The summed E-state index contributed by atoms with van der Waals surface area (Å²) >= 11 is 0. The highest BCUT2D eigenvalue weighted by molar-refractivity contribution is 5.30. The van der Waals surface area contributed by atoms with Gasteiger partial charge in [0.1, 0.15) is 5.75 Å². The number of hydrogen-bond donors (Lipinski definition) is 1. The summed E-state index contributed by atoms with van der Waals surface area (Å²) in [5, 5.41) is 0. The second-order valence-electron chi connectivity index (χ2n) is 4.74. The summed E-state index contributed by atoms with van der Waals surface area (Å²) in [5.74, 6) is 0.886. The molecule has 1 unspecified atom stereocenters. The zero-order valence-corrected chi connectivity index (χ0v) is 10.6. The first-order valence-corrected chi connectivity index (χ1v) is 6.41. The summed E-state index contributed by atoms with van der Waals surface area (Å²) in [6, 6.07) is 8.16. The van der Waals surface area contributed by atoms with Crippen LogP contribution >= 0.6 is 0 Å². The van der Waals surface area contributed by atoms with Gasteiger partial charge in [-0.05, 0) is 43.6 Å². The molecule has 0 radical (unpaired) electrons. The summed E-state index contributed by atoms with van der Waals surface area (Å²) in [4.78, 5) is 2.47. The van der Waals surface area contributed by atoms with E-state index in [-0.39, 0.29) is 6.04 Å². The SMILES string of the molecule is COc1cccc(C(N)CN2CCCCC2)c1. The van der Waals surface area contributed by atoms with Crippen LogP contribution in [0, 0.1) is 0 Å². The van der Waals surface area contributed by atoms with Gasteiger partial charge in [-0.15, -0.1) is 0 Å². The quantitative estimate of drug-likeness (QED) is 0.868. The summed E-state index contributed by atoms with van der Waals surface area (Å²) < 4.78 is 5.23. The average molecular weight is 234 g/mol. The van der Waals surface area contributed by atoms with E-state index in [1.54, 1.807) is 7.11 Å². The van der Waals surface area contributed by atoms with Gasteiger partial charge in [-0.25, -0.2) is 0 Å². The average Bonchev–Trinajstić information content (AvgIpc) is 2.40. The van der Waals surface area contributed by atoms with E-state index in [1.165, 1.54) is 32.4 Å². The first-order valence-electron chi connectivity index (χ1n) is 6.41. The van der Waals surface area contributed by atoms with Crippen molar-refractivity contribution in [3.63, 3.8) is 0 Å². The van der Waals surface area contributed by atoms with Gasteiger partial charge < -0.3 is 15.4 Å². The van der Waals surface area contributed by atoms with Gasteiger partial charge in [0.2, 0.25) is 0 Å². The highest BCUT2D eigenvalue weighted by Gasteiger charge is 2.15. The molecule has 1 heterocycles. The number of benzene rings is 1. The second kappa shape index (κ2) is 6.03. The van der Waals surface area contributed by atoms with E-state index in [2.05, 4.69) is 11.0 Å². The number of rotatable bonds is 4. The molecule has 17 heavy (non-hydrogen) atoms. The van der Waals surface area contributed by atoms with Gasteiger partial charge in [0.25, 0.3) is 0 Å². The largest absolute Gasteiger partial charge is 0.497 e. The molecule has 3 heteroatoms. The summed E-state index contributed by atoms with van der Waals surface area (Å²) in [6.45, 7) is 3.34. The van der Waals surface area contributed by atoms with Crippen molar-refractivity contribution in [2.24, 2.45) is 5.73 Å². The normalized spacial score (nSPS) is 18.9. The van der Waals surface area contributed by atoms with Crippen LogP contribution in [0.3, 0.4) is 0 Å². The molecule has 3 nitrogen and oxygen atoms in total. The van der Waals surface area contributed by atoms with Crippen LogP contribution in [0.25, 0.3) is 0 Å². The van der Waals surface area contributed by atoms with Crippen molar-refractivity contribution in [3.05, 3.63) is 29.8 Å². The van der Waals surface area contributed by atoms with E-state index < -0.39 is 0 Å². The Bertz CT molecular complexity index is 348. The van der Waals surface area contributed by atoms with E-state index in [4.69, 9.17) is 10.5 Å². The third kappa shape index (κ3) is 3.45. The van der Waals surface area contributed by atoms with Crippen LogP contribution in [-0.2, 0) is 0 Å². The third-order valence-corrected chi connectivity index (χ3v) is 3.43. The van der Waals surface area contributed by atoms with E-state index in [1.807, 2.05) is 18.2 Å². The fraction of sp³-hybridized carbons (Fsp3) is 0.571. The Morgan fingerprint density at radius 3 is 2.76 bits per heavy atom. The van der Waals surface area contributed by atoms with Crippen molar-refractivity contribution in [2.75, 3.05) is 26.7 Å². The molecule has 1 aromatic rings. The van der Waals surface area contributed by atoms with Crippen molar-refractivity contribution in [3.8, 4) is 5.75 Å². The molecule has 0 bridgehead atoms. The van der Waals surface area contributed by atoms with Crippen LogP contribution in [0.5, 0.6) is 5.75 Å². The Labute approximate surface area is 104 Å². The number of methoxy groups -OCH3 is 1. The molecule has 0 aromatic heterocycles. The molecule has 2 N–H and O–H groups in total. The molecular formula is C14H22N2O. The molecule has 1 saturated heterocycles. The summed E-state index contributed by atoms with van der Waals surface area (Å²) in [7, 11) is 1.69. The highest BCUT2D eigenvalue weighted by Crippen LogP contribution is 2.19. The van der Waals surface area contributed by atoms with Gasteiger partial charge in [0, 0.05) is 12.6 Å². The number of piperidine rings is 1. The predicted octanol–water partition coefficient (Wildman–Crippen LogP) is 2.18. The number of hydrogen-bond acceptors (Lipinski definition) is 3. The van der Waals surface area contributed by atoms with Crippen LogP contribution < -0.4 is 10.5 Å². The lowest BCUT2D eigenvalue weighted by Crippen LogP contribution is -2.36. The lowest BCUT2D eigenvalue weighted by molar-refractivity contribution is 0.216. The molecule has 1 aromatic carbocycles. The molecule has 1 aliphatic heterocycles. The molecular weight excluding hydrogens is 212 g/mol. The van der Waals surface area contributed by atoms with E-state index in [0.717, 1.165) is 17.9 Å². The summed E-state index contributed by atoms with van der Waals surface area (Å²) in [6.07, 6.45) is 3.99. The van der Waals surface area contributed by atoms with Crippen molar-refractivity contribution >= 4 is 0 Å². The maximum Gasteiger partial charge on any atom is 0.119 e. The summed E-state index contributed by atoms with van der Waals surface area (Å²) in [5.41, 5.74) is 7.41. The Kier molecular flexibility index (Phi) is 4.40. The van der Waals surface area contributed by atoms with Gasteiger partial charge in [-0.3, -0.25) is 0 Å². The van der Waals surface area contributed by atoms with Crippen LogP contribution in [0.15, 0.2) is 24.3 Å². The maximum atomic E-state index is 6.25. The number of ether oxygens (including phenoxy) is 1. The van der Waals surface area contributed by atoms with Crippen molar-refractivity contribution in [2.45, 2.75) is 25.3 Å². The molecule has 0 saturated carbocycles. The molecule has 0 spiro atoms. The minimum atomic E-state index is 0.0863. The smallest absolute Gasteiger partial charge is 0.119 e. The standard InChI is InChI=1S/C14H22N2O/c1-17-13-7-5-6-12(10-13)14(15)11-16-8-3-2-4-9-16/h5-7,10,14H,2-4,8-9,11,15H2,1H3.